The van der Waals surface area contributed by atoms with Gasteiger partial charge in [-0.15, -0.1) is 0 Å². The Morgan fingerprint density at radius 3 is 2.33 bits per heavy atom. The summed E-state index contributed by atoms with van der Waals surface area (Å²) in [6.45, 7) is 2.18. The van der Waals surface area contributed by atoms with Crippen LogP contribution in [0.15, 0.2) is 29.8 Å². The van der Waals surface area contributed by atoms with Crippen LogP contribution in [0, 0.1) is 23.3 Å². The number of hydrogen-bond donors (Lipinski definition) is 0. The van der Waals surface area contributed by atoms with Crippen LogP contribution in [0.4, 0.5) is 17.6 Å². The Kier molecular flexibility index (Phi) is 6.35. The van der Waals surface area contributed by atoms with Crippen molar-refractivity contribution in [2.24, 2.45) is 0 Å². The number of halogens is 4. The standard InChI is InChI=1S/C23H24F4/c1-2-3-4-5-6-7-15-8-10-18-17(12-15)14-21(26)22(23(18)27)16-9-11-19(24)20(25)13-16/h9,11-14H,2-8,10H2,1H3. The highest BCUT2D eigenvalue weighted by Crippen LogP contribution is 2.36. The molecule has 0 atom stereocenters. The van der Waals surface area contributed by atoms with Crippen LogP contribution < -0.4 is 0 Å². The van der Waals surface area contributed by atoms with Gasteiger partial charge in [0.25, 0.3) is 0 Å². The van der Waals surface area contributed by atoms with Gasteiger partial charge in [-0.1, -0.05) is 50.3 Å². The molecule has 0 bridgehead atoms. The van der Waals surface area contributed by atoms with Crippen LogP contribution >= 0.6 is 0 Å². The van der Waals surface area contributed by atoms with Gasteiger partial charge in [0, 0.05) is 0 Å². The second-order valence-corrected chi connectivity index (χ2v) is 7.21. The van der Waals surface area contributed by atoms with Crippen molar-refractivity contribution in [2.75, 3.05) is 0 Å². The van der Waals surface area contributed by atoms with E-state index in [1.807, 2.05) is 6.08 Å². The van der Waals surface area contributed by atoms with Gasteiger partial charge < -0.3 is 0 Å². The minimum Gasteiger partial charge on any atom is -0.206 e. The van der Waals surface area contributed by atoms with Gasteiger partial charge in [-0.25, -0.2) is 17.6 Å². The minimum absolute atomic E-state index is 0.0115. The Bertz CT molecular complexity index is 852. The molecular weight excluding hydrogens is 352 g/mol. The maximum atomic E-state index is 15.0. The molecule has 0 radical (unpaired) electrons. The lowest BCUT2D eigenvalue weighted by molar-refractivity contribution is 0.508. The molecule has 0 heterocycles. The number of rotatable bonds is 7. The van der Waals surface area contributed by atoms with Crippen molar-refractivity contribution in [3.8, 4) is 11.1 Å². The molecule has 2 aromatic carbocycles. The highest BCUT2D eigenvalue weighted by Gasteiger charge is 2.22. The molecule has 0 saturated heterocycles. The maximum absolute atomic E-state index is 15.0. The fourth-order valence-electron chi connectivity index (χ4n) is 3.71. The van der Waals surface area contributed by atoms with E-state index in [-0.39, 0.29) is 11.1 Å². The van der Waals surface area contributed by atoms with Crippen LogP contribution in [0.1, 0.15) is 63.0 Å². The van der Waals surface area contributed by atoms with Crippen LogP contribution in [0.25, 0.3) is 17.2 Å². The second kappa shape index (κ2) is 8.73. The number of benzene rings is 2. The summed E-state index contributed by atoms with van der Waals surface area (Å²) in [6.07, 6.45) is 10.0. The van der Waals surface area contributed by atoms with Gasteiger partial charge in [0.1, 0.15) is 11.6 Å². The number of hydrogen-bond acceptors (Lipinski definition) is 0. The van der Waals surface area contributed by atoms with Crippen LogP contribution in [0.2, 0.25) is 0 Å². The summed E-state index contributed by atoms with van der Waals surface area (Å²) >= 11 is 0. The van der Waals surface area contributed by atoms with Crippen molar-refractivity contribution >= 4 is 6.08 Å². The molecule has 0 saturated carbocycles. The van der Waals surface area contributed by atoms with Gasteiger partial charge in [-0.3, -0.25) is 0 Å². The van der Waals surface area contributed by atoms with Gasteiger partial charge in [0.15, 0.2) is 11.6 Å². The average Bonchev–Trinajstić information content (AvgIpc) is 2.64. The summed E-state index contributed by atoms with van der Waals surface area (Å²) in [7, 11) is 0. The van der Waals surface area contributed by atoms with E-state index in [9.17, 15) is 17.6 Å². The van der Waals surface area contributed by atoms with Gasteiger partial charge in [0.05, 0.1) is 5.56 Å². The molecule has 0 nitrogen and oxygen atoms in total. The van der Waals surface area contributed by atoms with Gasteiger partial charge in [-0.2, -0.15) is 0 Å². The van der Waals surface area contributed by atoms with Crippen molar-refractivity contribution in [2.45, 2.75) is 58.3 Å². The van der Waals surface area contributed by atoms with E-state index in [4.69, 9.17) is 0 Å². The highest BCUT2D eigenvalue weighted by atomic mass is 19.2. The van der Waals surface area contributed by atoms with Crippen LogP contribution in [-0.2, 0) is 6.42 Å². The Balaban J connectivity index is 1.84. The Morgan fingerprint density at radius 1 is 0.815 bits per heavy atom. The fraction of sp³-hybridized carbons (Fsp3) is 0.391. The topological polar surface area (TPSA) is 0 Å². The fourth-order valence-corrected chi connectivity index (χ4v) is 3.71. The quantitative estimate of drug-likeness (QED) is 0.345. The molecule has 2 aromatic rings. The van der Waals surface area contributed by atoms with E-state index in [2.05, 4.69) is 6.92 Å². The molecule has 0 N–H and O–H groups in total. The first-order valence-corrected chi connectivity index (χ1v) is 9.67. The summed E-state index contributed by atoms with van der Waals surface area (Å²) in [6, 6.07) is 4.24. The van der Waals surface area contributed by atoms with E-state index in [1.54, 1.807) is 0 Å². The SMILES string of the molecule is CCCCCCCC1=Cc2cc(F)c(-c3ccc(F)c(F)c3)c(F)c2CC1. The molecule has 0 fully saturated rings. The van der Waals surface area contributed by atoms with E-state index in [0.717, 1.165) is 31.4 Å². The molecule has 0 spiro atoms. The average molecular weight is 376 g/mol. The third-order valence-electron chi connectivity index (χ3n) is 5.22. The zero-order valence-electron chi connectivity index (χ0n) is 15.6. The molecule has 3 rings (SSSR count). The summed E-state index contributed by atoms with van der Waals surface area (Å²) < 4.78 is 56.2. The van der Waals surface area contributed by atoms with Gasteiger partial charge in [-0.05, 0) is 60.6 Å². The lowest BCUT2D eigenvalue weighted by Gasteiger charge is -2.20. The van der Waals surface area contributed by atoms with E-state index < -0.39 is 23.3 Å². The van der Waals surface area contributed by atoms with E-state index >= 15 is 0 Å². The van der Waals surface area contributed by atoms with Crippen LogP contribution in [-0.4, -0.2) is 0 Å². The summed E-state index contributed by atoms with van der Waals surface area (Å²) in [5.74, 6) is -3.58. The first-order chi connectivity index (χ1) is 13.0. The number of fused-ring (bicyclic) bond motifs is 1. The Hall–Kier alpha value is -2.10. The predicted molar refractivity (Wildman–Crippen MR) is 101 cm³/mol. The normalized spacial score (nSPS) is 13.4. The maximum Gasteiger partial charge on any atom is 0.159 e. The molecule has 0 amide bonds. The summed E-state index contributed by atoms with van der Waals surface area (Å²) in [4.78, 5) is 0. The molecule has 0 aromatic heterocycles. The first-order valence-electron chi connectivity index (χ1n) is 9.67. The van der Waals surface area contributed by atoms with Crippen molar-refractivity contribution in [1.29, 1.82) is 0 Å². The smallest absolute Gasteiger partial charge is 0.159 e. The summed E-state index contributed by atoms with van der Waals surface area (Å²) in [5.41, 5.74) is 1.96. The lowest BCUT2D eigenvalue weighted by Crippen LogP contribution is -2.06. The summed E-state index contributed by atoms with van der Waals surface area (Å²) in [5, 5.41) is 0. The third-order valence-corrected chi connectivity index (χ3v) is 5.22. The van der Waals surface area contributed by atoms with Crippen molar-refractivity contribution in [3.05, 3.63) is 64.2 Å². The predicted octanol–water partition coefficient (Wildman–Crippen LogP) is 7.60. The van der Waals surface area contributed by atoms with E-state index in [1.165, 1.54) is 43.4 Å². The molecule has 0 unspecified atom stereocenters. The largest absolute Gasteiger partial charge is 0.206 e. The van der Waals surface area contributed by atoms with Crippen LogP contribution in [0.3, 0.4) is 0 Å². The highest BCUT2D eigenvalue weighted by molar-refractivity contribution is 5.71. The van der Waals surface area contributed by atoms with Gasteiger partial charge >= 0.3 is 0 Å². The third kappa shape index (κ3) is 4.42. The van der Waals surface area contributed by atoms with Crippen molar-refractivity contribution in [3.63, 3.8) is 0 Å². The molecule has 0 aliphatic heterocycles. The monoisotopic (exact) mass is 376 g/mol. The molecule has 1 aliphatic rings. The first kappa shape index (κ1) is 19.7. The zero-order valence-corrected chi connectivity index (χ0v) is 15.6. The number of allylic oxidation sites excluding steroid dienone is 1. The van der Waals surface area contributed by atoms with Crippen LogP contribution in [0.5, 0.6) is 0 Å². The zero-order chi connectivity index (χ0) is 19.4. The van der Waals surface area contributed by atoms with E-state index in [0.29, 0.717) is 17.5 Å². The molecule has 144 valence electrons. The Morgan fingerprint density at radius 2 is 1.59 bits per heavy atom. The lowest BCUT2D eigenvalue weighted by atomic mass is 9.87. The van der Waals surface area contributed by atoms with Crippen molar-refractivity contribution in [1.82, 2.24) is 0 Å². The minimum atomic E-state index is -1.12. The number of unbranched alkanes of at least 4 members (excludes halogenated alkanes) is 4. The molecular formula is C23H24F4. The second-order valence-electron chi connectivity index (χ2n) is 7.21. The van der Waals surface area contributed by atoms with Crippen molar-refractivity contribution < 1.29 is 17.6 Å². The Labute approximate surface area is 157 Å². The molecule has 4 heteroatoms. The van der Waals surface area contributed by atoms with Gasteiger partial charge in [0.2, 0.25) is 0 Å². The molecule has 27 heavy (non-hydrogen) atoms. The molecule has 1 aliphatic carbocycles.